The lowest BCUT2D eigenvalue weighted by atomic mass is 10.4. The molecule has 0 saturated heterocycles. The minimum Gasteiger partial charge on any atom is -0.390 e. The van der Waals surface area contributed by atoms with Crippen LogP contribution >= 0.6 is 11.6 Å². The fraction of sp³-hybridized carbons (Fsp3) is 0.667. The molecule has 0 spiro atoms. The largest absolute Gasteiger partial charge is 0.459 e. The van der Waals surface area contributed by atoms with Gasteiger partial charge in [-0.1, -0.05) is 0 Å². The molecule has 0 radical (unpaired) electrons. The number of aromatic nitrogens is 3. The highest BCUT2D eigenvalue weighted by atomic mass is 35.5. The number of rotatable bonds is 4. The molecular formula is C6H9ClN4O4. The maximum Gasteiger partial charge on any atom is 0.459 e. The Bertz CT molecular complexity index is 425. The molecule has 0 aliphatic heterocycles. The number of alkyl halides is 1. The van der Waals surface area contributed by atoms with Crippen LogP contribution in [-0.2, 0) is 13.6 Å². The fourth-order valence-corrected chi connectivity index (χ4v) is 1.14. The molecule has 0 aliphatic carbocycles. The Morgan fingerprint density at radius 2 is 2.33 bits per heavy atom. The second-order valence-corrected chi connectivity index (χ2v) is 3.19. The topological polar surface area (TPSA) is 103 Å². The molecule has 1 rings (SSSR count). The number of hydrogen-bond acceptors (Lipinski definition) is 5. The number of nitro groups is 1. The molecule has 0 bridgehead atoms. The molecule has 84 valence electrons. The summed E-state index contributed by atoms with van der Waals surface area (Å²) in [5.41, 5.74) is -0.661. The predicted octanol–water partition coefficient (Wildman–Crippen LogP) is -0.910. The van der Waals surface area contributed by atoms with Crippen LogP contribution in [0.3, 0.4) is 0 Å². The molecule has 1 atom stereocenters. The number of aliphatic hydroxyl groups excluding tert-OH is 1. The summed E-state index contributed by atoms with van der Waals surface area (Å²) in [5, 5.41) is 23.1. The van der Waals surface area contributed by atoms with Crippen LogP contribution in [0, 0.1) is 10.1 Å². The van der Waals surface area contributed by atoms with Crippen LogP contribution in [0.5, 0.6) is 0 Å². The van der Waals surface area contributed by atoms with E-state index in [1.54, 1.807) is 0 Å². The van der Waals surface area contributed by atoms with Crippen LogP contribution < -0.4 is 5.69 Å². The van der Waals surface area contributed by atoms with Crippen LogP contribution in [0.25, 0.3) is 0 Å². The SMILES string of the molecule is Cn1nc([N+](=O)[O-])n(CC(O)CCl)c1=O. The summed E-state index contributed by atoms with van der Waals surface area (Å²) < 4.78 is 1.60. The molecule has 1 aromatic rings. The van der Waals surface area contributed by atoms with E-state index in [4.69, 9.17) is 11.6 Å². The van der Waals surface area contributed by atoms with Gasteiger partial charge in [-0.2, -0.15) is 4.57 Å². The first-order chi connectivity index (χ1) is 6.97. The van der Waals surface area contributed by atoms with Crippen molar-refractivity contribution in [2.24, 2.45) is 7.05 Å². The molecule has 0 amide bonds. The summed E-state index contributed by atoms with van der Waals surface area (Å²) >= 11 is 5.33. The lowest BCUT2D eigenvalue weighted by molar-refractivity contribution is -0.397. The second-order valence-electron chi connectivity index (χ2n) is 2.88. The van der Waals surface area contributed by atoms with E-state index in [1.165, 1.54) is 7.05 Å². The predicted molar refractivity (Wildman–Crippen MR) is 50.8 cm³/mol. The molecule has 0 saturated carbocycles. The zero-order valence-electron chi connectivity index (χ0n) is 7.83. The first-order valence-corrected chi connectivity index (χ1v) is 4.53. The van der Waals surface area contributed by atoms with Crippen LogP contribution in [0.15, 0.2) is 4.79 Å². The van der Waals surface area contributed by atoms with Gasteiger partial charge < -0.3 is 15.2 Å². The van der Waals surface area contributed by atoms with Gasteiger partial charge in [-0.3, -0.25) is 0 Å². The maximum absolute atomic E-state index is 11.4. The Balaban J connectivity index is 3.14. The summed E-state index contributed by atoms with van der Waals surface area (Å²) in [7, 11) is 1.29. The Morgan fingerprint density at radius 3 is 2.80 bits per heavy atom. The highest BCUT2D eigenvalue weighted by Gasteiger charge is 2.24. The van der Waals surface area contributed by atoms with Crippen molar-refractivity contribution in [2.45, 2.75) is 12.6 Å². The zero-order valence-corrected chi connectivity index (χ0v) is 8.59. The first kappa shape index (κ1) is 11.7. The highest BCUT2D eigenvalue weighted by Crippen LogP contribution is 2.04. The van der Waals surface area contributed by atoms with Crippen molar-refractivity contribution in [3.8, 4) is 0 Å². The minimum absolute atomic E-state index is 0.113. The van der Waals surface area contributed by atoms with E-state index in [2.05, 4.69) is 5.10 Å². The van der Waals surface area contributed by atoms with Crippen LogP contribution in [0.2, 0.25) is 0 Å². The Kier molecular flexibility index (Phi) is 3.43. The van der Waals surface area contributed by atoms with E-state index in [-0.39, 0.29) is 12.4 Å². The van der Waals surface area contributed by atoms with Gasteiger partial charge in [0.25, 0.3) is 0 Å². The van der Waals surface area contributed by atoms with Crippen LogP contribution in [0.1, 0.15) is 0 Å². The maximum atomic E-state index is 11.4. The van der Waals surface area contributed by atoms with Gasteiger partial charge in [-0.15, -0.1) is 16.3 Å². The molecule has 9 heteroatoms. The zero-order chi connectivity index (χ0) is 11.6. The third-order valence-corrected chi connectivity index (χ3v) is 2.08. The van der Waals surface area contributed by atoms with E-state index >= 15 is 0 Å². The van der Waals surface area contributed by atoms with E-state index in [1.807, 2.05) is 0 Å². The second kappa shape index (κ2) is 4.41. The van der Waals surface area contributed by atoms with Crippen LogP contribution in [0.4, 0.5) is 5.95 Å². The van der Waals surface area contributed by atoms with Crippen molar-refractivity contribution in [2.75, 3.05) is 5.88 Å². The molecule has 8 nitrogen and oxygen atoms in total. The van der Waals surface area contributed by atoms with Gasteiger partial charge in [-0.25, -0.2) is 4.79 Å². The van der Waals surface area contributed by atoms with Gasteiger partial charge in [0.15, 0.2) is 0 Å². The van der Waals surface area contributed by atoms with Crippen LogP contribution in [-0.4, -0.2) is 36.4 Å². The van der Waals surface area contributed by atoms with E-state index in [0.717, 1.165) is 9.25 Å². The smallest absolute Gasteiger partial charge is 0.390 e. The standard InChI is InChI=1S/C6H9ClN4O4/c1-9-6(13)10(3-4(12)2-7)5(8-9)11(14)15/h4,12H,2-3H2,1H3. The van der Waals surface area contributed by atoms with E-state index in [0.29, 0.717) is 0 Å². The van der Waals surface area contributed by atoms with Gasteiger partial charge in [0.2, 0.25) is 0 Å². The molecule has 0 aromatic carbocycles. The quantitative estimate of drug-likeness (QED) is 0.414. The molecule has 0 fully saturated rings. The number of halogens is 1. The van der Waals surface area contributed by atoms with Crippen molar-refractivity contribution < 1.29 is 10.0 Å². The molecule has 1 heterocycles. The summed E-state index contributed by atoms with van der Waals surface area (Å²) in [4.78, 5) is 21.1. The average Bonchev–Trinajstić information content (AvgIpc) is 2.46. The van der Waals surface area contributed by atoms with Crippen molar-refractivity contribution in [1.82, 2.24) is 14.3 Å². The third-order valence-electron chi connectivity index (χ3n) is 1.72. The Hall–Kier alpha value is -1.41. The van der Waals surface area contributed by atoms with Crippen molar-refractivity contribution in [3.63, 3.8) is 0 Å². The van der Waals surface area contributed by atoms with Crippen molar-refractivity contribution in [1.29, 1.82) is 0 Å². The molecule has 1 unspecified atom stereocenters. The highest BCUT2D eigenvalue weighted by molar-refractivity contribution is 6.18. The minimum atomic E-state index is -1.02. The van der Waals surface area contributed by atoms with Crippen molar-refractivity contribution >= 4 is 17.5 Å². The molecular weight excluding hydrogens is 228 g/mol. The number of nitrogens with zero attached hydrogens (tertiary/aromatic N) is 4. The lowest BCUT2D eigenvalue weighted by Gasteiger charge is -2.03. The average molecular weight is 237 g/mol. The summed E-state index contributed by atoms with van der Waals surface area (Å²) in [6, 6.07) is 0. The summed E-state index contributed by atoms with van der Waals surface area (Å²) in [6.07, 6.45) is -1.02. The van der Waals surface area contributed by atoms with Gasteiger partial charge in [0.05, 0.1) is 19.0 Å². The molecule has 1 aromatic heterocycles. The van der Waals surface area contributed by atoms with Crippen molar-refractivity contribution in [3.05, 3.63) is 20.6 Å². The van der Waals surface area contributed by atoms with Gasteiger partial charge in [-0.05, 0) is 4.92 Å². The summed E-state index contributed by atoms with van der Waals surface area (Å²) in [6.45, 7) is -0.244. The monoisotopic (exact) mass is 236 g/mol. The summed E-state index contributed by atoms with van der Waals surface area (Å²) in [5.74, 6) is -0.718. The first-order valence-electron chi connectivity index (χ1n) is 3.99. The lowest BCUT2D eigenvalue weighted by Crippen LogP contribution is -2.29. The van der Waals surface area contributed by atoms with E-state index in [9.17, 15) is 20.0 Å². The number of aliphatic hydroxyl groups is 1. The number of hydrogen-bond donors (Lipinski definition) is 1. The number of aryl methyl sites for hydroxylation is 1. The molecule has 0 aliphatic rings. The molecule has 1 N–H and O–H groups in total. The normalized spacial score (nSPS) is 12.7. The fourth-order valence-electron chi connectivity index (χ4n) is 1.05. The Labute approximate surface area is 88.8 Å². The van der Waals surface area contributed by atoms with Gasteiger partial charge >= 0.3 is 11.6 Å². The van der Waals surface area contributed by atoms with Gasteiger partial charge in [0, 0.05) is 5.10 Å². The third kappa shape index (κ3) is 2.34. The Morgan fingerprint density at radius 1 is 1.73 bits per heavy atom. The molecule has 15 heavy (non-hydrogen) atoms. The van der Waals surface area contributed by atoms with E-state index < -0.39 is 22.7 Å². The van der Waals surface area contributed by atoms with Gasteiger partial charge in [0.1, 0.15) is 6.54 Å².